The molecular formula is C10H19NO4. The highest BCUT2D eigenvalue weighted by atomic mass is 16.5. The molecule has 3 N–H and O–H groups in total. The molecule has 0 amide bonds. The average Bonchev–Trinajstić information content (AvgIpc) is 2.93. The average molecular weight is 217 g/mol. The summed E-state index contributed by atoms with van der Waals surface area (Å²) >= 11 is 0. The van der Waals surface area contributed by atoms with Crippen molar-refractivity contribution in [2.75, 3.05) is 26.3 Å². The van der Waals surface area contributed by atoms with Crippen LogP contribution in [0.4, 0.5) is 0 Å². The molecule has 1 rings (SSSR count). The van der Waals surface area contributed by atoms with Crippen molar-refractivity contribution in [3.05, 3.63) is 0 Å². The summed E-state index contributed by atoms with van der Waals surface area (Å²) in [4.78, 5) is 10.2. The van der Waals surface area contributed by atoms with Gasteiger partial charge in [-0.15, -0.1) is 0 Å². The fourth-order valence-electron chi connectivity index (χ4n) is 1.22. The lowest BCUT2D eigenvalue weighted by Gasteiger charge is -2.09. The van der Waals surface area contributed by atoms with Gasteiger partial charge in [0, 0.05) is 19.7 Å². The number of hydrogen-bond acceptors (Lipinski definition) is 4. The van der Waals surface area contributed by atoms with E-state index in [4.69, 9.17) is 9.84 Å². The standard InChI is InChI=1S/C10H19NO4/c12-9(5-10(13)14)6-11-3-4-15-7-8-1-2-8/h8-9,11-12H,1-7H2,(H,13,14). The second-order valence-corrected chi connectivity index (χ2v) is 3.97. The smallest absolute Gasteiger partial charge is 0.306 e. The summed E-state index contributed by atoms with van der Waals surface area (Å²) in [5, 5.41) is 20.5. The molecule has 5 nitrogen and oxygen atoms in total. The number of aliphatic hydroxyl groups is 1. The summed E-state index contributed by atoms with van der Waals surface area (Å²) in [6.07, 6.45) is 1.54. The van der Waals surface area contributed by atoms with Gasteiger partial charge in [0.15, 0.2) is 0 Å². The lowest BCUT2D eigenvalue weighted by Crippen LogP contribution is -2.31. The van der Waals surface area contributed by atoms with Gasteiger partial charge in [-0.1, -0.05) is 0 Å². The molecule has 0 aromatic rings. The molecule has 5 heteroatoms. The number of aliphatic carboxylic acids is 1. The number of rotatable bonds is 9. The third-order valence-electron chi connectivity index (χ3n) is 2.26. The van der Waals surface area contributed by atoms with Crippen LogP contribution < -0.4 is 5.32 Å². The minimum absolute atomic E-state index is 0.212. The van der Waals surface area contributed by atoms with Crippen LogP contribution in [-0.2, 0) is 9.53 Å². The minimum atomic E-state index is -0.978. The predicted molar refractivity (Wildman–Crippen MR) is 54.7 cm³/mol. The van der Waals surface area contributed by atoms with E-state index < -0.39 is 12.1 Å². The molecule has 0 spiro atoms. The summed E-state index contributed by atoms with van der Waals surface area (Å²) < 4.78 is 5.36. The van der Waals surface area contributed by atoms with Crippen LogP contribution in [-0.4, -0.2) is 48.6 Å². The number of hydrogen-bond donors (Lipinski definition) is 3. The zero-order valence-corrected chi connectivity index (χ0v) is 8.82. The Morgan fingerprint density at radius 2 is 2.27 bits per heavy atom. The zero-order chi connectivity index (χ0) is 11.1. The van der Waals surface area contributed by atoms with Crippen LogP contribution in [0, 0.1) is 5.92 Å². The summed E-state index contributed by atoms with van der Waals surface area (Å²) in [6, 6.07) is 0. The van der Waals surface area contributed by atoms with Crippen molar-refractivity contribution in [2.45, 2.75) is 25.4 Å². The molecule has 0 radical (unpaired) electrons. The highest BCUT2D eigenvalue weighted by molar-refractivity contribution is 5.67. The first-order valence-electron chi connectivity index (χ1n) is 5.37. The fourth-order valence-corrected chi connectivity index (χ4v) is 1.22. The molecule has 1 aliphatic carbocycles. The van der Waals surface area contributed by atoms with Gasteiger partial charge in [0.05, 0.1) is 19.1 Å². The number of carboxylic acids is 1. The first-order chi connectivity index (χ1) is 7.18. The number of ether oxygens (including phenoxy) is 1. The Morgan fingerprint density at radius 1 is 1.53 bits per heavy atom. The number of aliphatic hydroxyl groups excluding tert-OH is 1. The maximum atomic E-state index is 10.2. The molecule has 88 valence electrons. The normalized spacial score (nSPS) is 17.7. The summed E-state index contributed by atoms with van der Waals surface area (Å²) in [7, 11) is 0. The highest BCUT2D eigenvalue weighted by Crippen LogP contribution is 2.28. The lowest BCUT2D eigenvalue weighted by atomic mass is 10.2. The molecule has 0 aromatic carbocycles. The monoisotopic (exact) mass is 217 g/mol. The Balaban J connectivity index is 1.80. The second-order valence-electron chi connectivity index (χ2n) is 3.97. The van der Waals surface area contributed by atoms with E-state index in [1.807, 2.05) is 0 Å². The van der Waals surface area contributed by atoms with Crippen LogP contribution in [0.25, 0.3) is 0 Å². The van der Waals surface area contributed by atoms with Crippen LogP contribution in [0.2, 0.25) is 0 Å². The van der Waals surface area contributed by atoms with Crippen molar-refractivity contribution in [3.63, 3.8) is 0 Å². The first-order valence-corrected chi connectivity index (χ1v) is 5.37. The quantitative estimate of drug-likeness (QED) is 0.468. The van der Waals surface area contributed by atoms with Gasteiger partial charge >= 0.3 is 5.97 Å². The molecule has 15 heavy (non-hydrogen) atoms. The molecule has 0 saturated heterocycles. The largest absolute Gasteiger partial charge is 0.481 e. The number of carbonyl (C=O) groups is 1. The molecule has 1 atom stereocenters. The van der Waals surface area contributed by atoms with Crippen molar-refractivity contribution < 1.29 is 19.7 Å². The van der Waals surface area contributed by atoms with Crippen LogP contribution in [0.5, 0.6) is 0 Å². The first kappa shape index (κ1) is 12.4. The Morgan fingerprint density at radius 3 is 2.87 bits per heavy atom. The van der Waals surface area contributed by atoms with Crippen molar-refractivity contribution in [3.8, 4) is 0 Å². The van der Waals surface area contributed by atoms with E-state index in [1.165, 1.54) is 12.8 Å². The molecule has 0 aromatic heterocycles. The van der Waals surface area contributed by atoms with Crippen LogP contribution in [0.15, 0.2) is 0 Å². The van der Waals surface area contributed by atoms with E-state index >= 15 is 0 Å². The van der Waals surface area contributed by atoms with E-state index in [9.17, 15) is 9.90 Å². The lowest BCUT2D eigenvalue weighted by molar-refractivity contribution is -0.139. The number of nitrogens with one attached hydrogen (secondary N) is 1. The maximum absolute atomic E-state index is 10.2. The molecule has 1 aliphatic rings. The van der Waals surface area contributed by atoms with Crippen molar-refractivity contribution >= 4 is 5.97 Å². The number of carboxylic acid groups (broad SMARTS) is 1. The molecular weight excluding hydrogens is 198 g/mol. The van der Waals surface area contributed by atoms with E-state index in [0.29, 0.717) is 19.7 Å². The van der Waals surface area contributed by atoms with Crippen LogP contribution in [0.3, 0.4) is 0 Å². The van der Waals surface area contributed by atoms with Gasteiger partial charge in [-0.05, 0) is 18.8 Å². The van der Waals surface area contributed by atoms with Gasteiger partial charge in [0.25, 0.3) is 0 Å². The molecule has 1 saturated carbocycles. The minimum Gasteiger partial charge on any atom is -0.481 e. The SMILES string of the molecule is O=C(O)CC(O)CNCCOCC1CC1. The van der Waals surface area contributed by atoms with Gasteiger partial charge in [0.1, 0.15) is 0 Å². The summed E-state index contributed by atoms with van der Waals surface area (Å²) in [5.41, 5.74) is 0. The Labute approximate surface area is 89.4 Å². The Hall–Kier alpha value is -0.650. The van der Waals surface area contributed by atoms with Gasteiger partial charge in [-0.3, -0.25) is 4.79 Å². The van der Waals surface area contributed by atoms with Gasteiger partial charge in [-0.2, -0.15) is 0 Å². The van der Waals surface area contributed by atoms with Crippen molar-refractivity contribution in [1.29, 1.82) is 0 Å². The summed E-state index contributed by atoms with van der Waals surface area (Å²) in [6.45, 7) is 2.41. The maximum Gasteiger partial charge on any atom is 0.306 e. The van der Waals surface area contributed by atoms with E-state index in [2.05, 4.69) is 5.32 Å². The topological polar surface area (TPSA) is 78.8 Å². The second kappa shape index (κ2) is 6.76. The van der Waals surface area contributed by atoms with E-state index in [-0.39, 0.29) is 6.42 Å². The van der Waals surface area contributed by atoms with Gasteiger partial charge in [-0.25, -0.2) is 0 Å². The third-order valence-corrected chi connectivity index (χ3v) is 2.26. The zero-order valence-electron chi connectivity index (χ0n) is 8.82. The molecule has 0 bridgehead atoms. The van der Waals surface area contributed by atoms with Crippen LogP contribution >= 0.6 is 0 Å². The van der Waals surface area contributed by atoms with Crippen molar-refractivity contribution in [2.24, 2.45) is 5.92 Å². The Bertz CT molecular complexity index is 194. The van der Waals surface area contributed by atoms with Crippen LogP contribution in [0.1, 0.15) is 19.3 Å². The van der Waals surface area contributed by atoms with E-state index in [1.54, 1.807) is 0 Å². The molecule has 0 heterocycles. The van der Waals surface area contributed by atoms with Gasteiger partial charge in [0.2, 0.25) is 0 Å². The summed E-state index contributed by atoms with van der Waals surface area (Å²) in [5.74, 6) is -0.211. The fraction of sp³-hybridized carbons (Fsp3) is 0.900. The molecule has 0 aliphatic heterocycles. The van der Waals surface area contributed by atoms with E-state index in [0.717, 1.165) is 12.5 Å². The Kier molecular flexibility index (Phi) is 5.60. The molecule has 1 unspecified atom stereocenters. The highest BCUT2D eigenvalue weighted by Gasteiger charge is 2.20. The van der Waals surface area contributed by atoms with Gasteiger partial charge < -0.3 is 20.3 Å². The van der Waals surface area contributed by atoms with Crippen molar-refractivity contribution in [1.82, 2.24) is 5.32 Å². The third kappa shape index (κ3) is 7.30. The predicted octanol–water partition coefficient (Wildman–Crippen LogP) is -0.162. The molecule has 1 fully saturated rings.